The lowest BCUT2D eigenvalue weighted by Gasteiger charge is -2.16. The molecule has 0 aliphatic rings. The van der Waals surface area contributed by atoms with Crippen molar-refractivity contribution in [3.63, 3.8) is 0 Å². The summed E-state index contributed by atoms with van der Waals surface area (Å²) in [6, 6.07) is 0. The summed E-state index contributed by atoms with van der Waals surface area (Å²) in [6.45, 7) is 8.13. The predicted octanol–water partition coefficient (Wildman–Crippen LogP) is 0.952. The molecule has 0 heterocycles. The van der Waals surface area contributed by atoms with Crippen LogP contribution in [0.25, 0.3) is 0 Å². The van der Waals surface area contributed by atoms with Gasteiger partial charge in [0.2, 0.25) is 0 Å². The van der Waals surface area contributed by atoms with Gasteiger partial charge < -0.3 is 9.16 Å². The van der Waals surface area contributed by atoms with E-state index >= 15 is 0 Å². The Morgan fingerprint density at radius 3 is 2.20 bits per heavy atom. The fourth-order valence-corrected chi connectivity index (χ4v) is 1.40. The van der Waals surface area contributed by atoms with Gasteiger partial charge in [0.15, 0.2) is 9.76 Å². The van der Waals surface area contributed by atoms with Gasteiger partial charge in [-0.3, -0.25) is 0 Å². The number of hydrogen-bond donors (Lipinski definition) is 0. The molecule has 0 aliphatic heterocycles. The first-order chi connectivity index (χ1) is 4.56. The molecule has 0 aromatic carbocycles. The van der Waals surface area contributed by atoms with Crippen LogP contribution in [0.3, 0.4) is 0 Å². The first kappa shape index (κ1) is 10.1. The number of rotatable bonds is 4. The zero-order chi connectivity index (χ0) is 8.04. The Balaban J connectivity index is 3.04. The van der Waals surface area contributed by atoms with E-state index in [0.717, 1.165) is 13.2 Å². The van der Waals surface area contributed by atoms with Crippen LogP contribution in [0.4, 0.5) is 0 Å². The van der Waals surface area contributed by atoms with Gasteiger partial charge in [0.05, 0.1) is 13.2 Å². The lowest BCUT2D eigenvalue weighted by Crippen LogP contribution is -2.15. The monoisotopic (exact) mass is 162 g/mol. The topological polar surface area (TPSA) is 18.5 Å². The Hall–Kier alpha value is 0.137. The van der Waals surface area contributed by atoms with Gasteiger partial charge in [-0.25, -0.2) is 0 Å². The van der Waals surface area contributed by atoms with Crippen molar-refractivity contribution in [3.05, 3.63) is 0 Å². The van der Waals surface area contributed by atoms with E-state index in [-0.39, 0.29) is 9.76 Å². The van der Waals surface area contributed by atoms with Crippen LogP contribution in [0.15, 0.2) is 0 Å². The third-order valence-electron chi connectivity index (χ3n) is 0.967. The van der Waals surface area contributed by atoms with Crippen LogP contribution in [0.1, 0.15) is 20.8 Å². The van der Waals surface area contributed by atoms with Gasteiger partial charge >= 0.3 is 0 Å². The Morgan fingerprint density at radius 1 is 1.20 bits per heavy atom. The second kappa shape index (κ2) is 4.88. The van der Waals surface area contributed by atoms with Crippen LogP contribution in [0.5, 0.6) is 0 Å². The summed E-state index contributed by atoms with van der Waals surface area (Å²) in [7, 11) is 1.35. The summed E-state index contributed by atoms with van der Waals surface area (Å²) in [6.07, 6.45) is 0. The quantitative estimate of drug-likeness (QED) is 0.453. The SMILES string of the molecule is COCCO[SiH2]C(C)(C)C. The lowest BCUT2D eigenvalue weighted by atomic mass is 10.3. The Kier molecular flexibility index (Phi) is 4.94. The largest absolute Gasteiger partial charge is 0.421 e. The molecule has 0 rings (SSSR count). The molecule has 0 saturated heterocycles. The zero-order valence-corrected chi connectivity index (χ0v) is 8.85. The average molecular weight is 162 g/mol. The third kappa shape index (κ3) is 8.14. The predicted molar refractivity (Wildman–Crippen MR) is 46.1 cm³/mol. The molecule has 0 amide bonds. The second-order valence-electron chi connectivity index (χ2n) is 3.61. The van der Waals surface area contributed by atoms with Gasteiger partial charge in [0.25, 0.3) is 0 Å². The lowest BCUT2D eigenvalue weighted by molar-refractivity contribution is 0.147. The molecule has 0 aromatic heterocycles. The first-order valence-corrected chi connectivity index (χ1v) is 4.91. The van der Waals surface area contributed by atoms with E-state index in [1.165, 1.54) is 0 Å². The highest BCUT2D eigenvalue weighted by Crippen LogP contribution is 2.19. The highest BCUT2D eigenvalue weighted by Gasteiger charge is 2.10. The molecule has 0 aromatic rings. The van der Waals surface area contributed by atoms with Crippen molar-refractivity contribution in [3.8, 4) is 0 Å². The van der Waals surface area contributed by atoms with E-state index in [2.05, 4.69) is 20.8 Å². The molecule has 0 spiro atoms. The maximum atomic E-state index is 5.45. The molecule has 0 bridgehead atoms. The van der Waals surface area contributed by atoms with E-state index < -0.39 is 0 Å². The van der Waals surface area contributed by atoms with Crippen molar-refractivity contribution in [1.29, 1.82) is 0 Å². The molecule has 0 N–H and O–H groups in total. The third-order valence-corrected chi connectivity index (χ3v) is 2.33. The highest BCUT2D eigenvalue weighted by molar-refractivity contribution is 6.31. The van der Waals surface area contributed by atoms with Crippen LogP contribution in [-0.4, -0.2) is 30.1 Å². The summed E-state index contributed by atoms with van der Waals surface area (Å²) in [5.41, 5.74) is 0. The van der Waals surface area contributed by atoms with Gasteiger partial charge in [-0.2, -0.15) is 0 Å². The van der Waals surface area contributed by atoms with E-state index in [0.29, 0.717) is 5.04 Å². The van der Waals surface area contributed by atoms with Crippen LogP contribution in [0, 0.1) is 0 Å². The van der Waals surface area contributed by atoms with Gasteiger partial charge in [-0.15, -0.1) is 0 Å². The van der Waals surface area contributed by atoms with Gasteiger partial charge in [-0.1, -0.05) is 20.8 Å². The molecule has 3 heteroatoms. The van der Waals surface area contributed by atoms with Gasteiger partial charge in [-0.05, 0) is 5.04 Å². The Bertz CT molecular complexity index is 78.2. The Morgan fingerprint density at radius 2 is 1.80 bits per heavy atom. The molecule has 2 nitrogen and oxygen atoms in total. The van der Waals surface area contributed by atoms with Crippen LogP contribution >= 0.6 is 0 Å². The van der Waals surface area contributed by atoms with E-state index in [1.54, 1.807) is 7.11 Å². The molecule has 0 unspecified atom stereocenters. The van der Waals surface area contributed by atoms with Gasteiger partial charge in [0, 0.05) is 7.11 Å². The average Bonchev–Trinajstić information content (AvgIpc) is 1.78. The molecule has 0 saturated carbocycles. The fraction of sp³-hybridized carbons (Fsp3) is 1.00. The van der Waals surface area contributed by atoms with Crippen molar-refractivity contribution in [2.75, 3.05) is 20.3 Å². The second-order valence-corrected chi connectivity index (χ2v) is 6.42. The van der Waals surface area contributed by atoms with Crippen molar-refractivity contribution in [1.82, 2.24) is 0 Å². The zero-order valence-electron chi connectivity index (χ0n) is 7.44. The molecular weight excluding hydrogens is 144 g/mol. The van der Waals surface area contributed by atoms with Crippen LogP contribution < -0.4 is 0 Å². The normalized spacial score (nSPS) is 13.2. The summed E-state index contributed by atoms with van der Waals surface area (Å²) < 4.78 is 10.3. The van der Waals surface area contributed by atoms with Crippen molar-refractivity contribution >= 4 is 9.76 Å². The van der Waals surface area contributed by atoms with Crippen LogP contribution in [0.2, 0.25) is 5.04 Å². The number of hydrogen-bond acceptors (Lipinski definition) is 2. The molecule has 0 aliphatic carbocycles. The summed E-state index contributed by atoms with van der Waals surface area (Å²) in [5, 5.41) is 0.410. The highest BCUT2D eigenvalue weighted by atomic mass is 28.2. The minimum absolute atomic E-state index is 0.351. The van der Waals surface area contributed by atoms with Crippen LogP contribution in [-0.2, 0) is 9.16 Å². The number of ether oxygens (including phenoxy) is 1. The minimum atomic E-state index is -0.351. The molecule has 10 heavy (non-hydrogen) atoms. The van der Waals surface area contributed by atoms with E-state index in [1.807, 2.05) is 0 Å². The summed E-state index contributed by atoms with van der Waals surface area (Å²) >= 11 is 0. The molecular formula is C7H18O2Si. The van der Waals surface area contributed by atoms with Crippen molar-refractivity contribution < 1.29 is 9.16 Å². The number of methoxy groups -OCH3 is 1. The van der Waals surface area contributed by atoms with Crippen molar-refractivity contribution in [2.24, 2.45) is 0 Å². The minimum Gasteiger partial charge on any atom is -0.421 e. The first-order valence-electron chi connectivity index (χ1n) is 3.63. The maximum Gasteiger partial charge on any atom is 0.166 e. The fourth-order valence-electron chi connectivity index (χ4n) is 0.521. The standard InChI is InChI=1S/C7H18O2Si/c1-7(2,3)10-9-6-5-8-4/h5-6,10H2,1-4H3. The van der Waals surface area contributed by atoms with Gasteiger partial charge in [0.1, 0.15) is 0 Å². The Labute approximate surface area is 65.9 Å². The maximum absolute atomic E-state index is 5.45. The summed E-state index contributed by atoms with van der Waals surface area (Å²) in [4.78, 5) is 0. The molecule has 62 valence electrons. The van der Waals surface area contributed by atoms with Crippen molar-refractivity contribution in [2.45, 2.75) is 25.8 Å². The molecule has 0 atom stereocenters. The summed E-state index contributed by atoms with van der Waals surface area (Å²) in [5.74, 6) is 0. The molecule has 0 fully saturated rings. The molecule has 0 radical (unpaired) electrons. The van der Waals surface area contributed by atoms with E-state index in [9.17, 15) is 0 Å². The van der Waals surface area contributed by atoms with E-state index in [4.69, 9.17) is 9.16 Å². The smallest absolute Gasteiger partial charge is 0.166 e.